The molecule has 0 rings (SSSR count). The summed E-state index contributed by atoms with van der Waals surface area (Å²) in [5.41, 5.74) is 0. The number of likely N-dealkylation sites (N-methyl/N-ethyl adjacent to an activating group) is 1. The van der Waals surface area contributed by atoms with Crippen LogP contribution in [-0.2, 0) is 27.9 Å². The molecule has 1 N–H and O–H groups in total. The van der Waals surface area contributed by atoms with Crippen molar-refractivity contribution in [2.75, 3.05) is 40.9 Å². The third-order valence-electron chi connectivity index (χ3n) is 14.9. The van der Waals surface area contributed by atoms with Crippen LogP contribution in [0.3, 0.4) is 0 Å². The van der Waals surface area contributed by atoms with Gasteiger partial charge in [-0.1, -0.05) is 274 Å². The van der Waals surface area contributed by atoms with Gasteiger partial charge in [-0.2, -0.15) is 0 Å². The topological polar surface area (TPSA) is 114 Å². The Kier molecular flexibility index (Phi) is 57.7. The van der Waals surface area contributed by atoms with Gasteiger partial charge in [-0.25, -0.2) is 0 Å². The smallest absolute Gasteiger partial charge is 0.306 e. The van der Waals surface area contributed by atoms with Crippen LogP contribution in [0.1, 0.15) is 310 Å². The Labute approximate surface area is 495 Å². The van der Waals surface area contributed by atoms with E-state index in [0.717, 1.165) is 64.2 Å². The van der Waals surface area contributed by atoms with Gasteiger partial charge in [0.05, 0.1) is 33.8 Å². The molecule has 0 fully saturated rings. The van der Waals surface area contributed by atoms with Crippen LogP contribution in [0.25, 0.3) is 0 Å². The number of carbonyl (C=O) groups excluding carboxylic acids is 2. The lowest BCUT2D eigenvalue weighted by molar-refractivity contribution is -0.870. The van der Waals surface area contributed by atoms with Gasteiger partial charge in [-0.15, -0.1) is 0 Å². The van der Waals surface area contributed by atoms with Crippen molar-refractivity contribution in [3.8, 4) is 0 Å². The van der Waals surface area contributed by atoms with E-state index in [4.69, 9.17) is 13.8 Å². The summed E-state index contributed by atoms with van der Waals surface area (Å²) in [6.45, 7) is 6.80. The van der Waals surface area contributed by atoms with Crippen molar-refractivity contribution >= 4 is 19.7 Å². The maximum atomic E-state index is 13.6. The van der Waals surface area contributed by atoms with Crippen molar-refractivity contribution in [3.05, 3.63) is 72.9 Å². The Morgan fingerprint density at radius 2 is 0.775 bits per heavy atom. The molecule has 9 nitrogen and oxygen atoms in total. The van der Waals surface area contributed by atoms with Gasteiger partial charge in [0.1, 0.15) is 19.3 Å². The van der Waals surface area contributed by atoms with Crippen molar-refractivity contribution in [1.29, 1.82) is 0 Å². The van der Waals surface area contributed by atoms with E-state index in [1.54, 1.807) is 0 Å². The molecule has 0 saturated heterocycles. The highest BCUT2D eigenvalue weighted by Crippen LogP contribution is 2.38. The van der Waals surface area contributed by atoms with Gasteiger partial charge in [-0.3, -0.25) is 14.2 Å². The number of amides is 1. The van der Waals surface area contributed by atoms with Crippen LogP contribution >= 0.6 is 7.82 Å². The summed E-state index contributed by atoms with van der Waals surface area (Å²) >= 11 is 0. The average Bonchev–Trinajstić information content (AvgIpc) is 3.42. The van der Waals surface area contributed by atoms with E-state index in [1.807, 2.05) is 33.3 Å². The molecule has 0 aromatic rings. The lowest BCUT2D eigenvalue weighted by atomic mass is 10.0. The predicted molar refractivity (Wildman–Crippen MR) is 344 cm³/mol. The maximum Gasteiger partial charge on any atom is 0.306 e. The third kappa shape index (κ3) is 60.1. The molecule has 0 aromatic heterocycles. The second-order valence-corrected chi connectivity index (χ2v) is 25.4. The molecule has 0 heterocycles. The normalized spacial score (nSPS) is 14.0. The SMILES string of the molecule is CCCCC/C=C\C/C=C\C/C=C\C/C=C\CCCC(=O)OC(/C=C\CCCCCCCCCCCC)C(COP(=O)([O-])OCC[N+](C)(C)C)NC(=O)CCCCCCCCCCCCCCCCC/C=C/CCCCCCCC. The Balaban J connectivity index is 5.14. The fraction of sp³-hybridized carbons (Fsp3) is 0.800. The van der Waals surface area contributed by atoms with Crippen molar-refractivity contribution < 1.29 is 37.3 Å². The van der Waals surface area contributed by atoms with Crippen LogP contribution in [0.15, 0.2) is 72.9 Å². The number of esters is 1. The molecule has 0 aliphatic rings. The Morgan fingerprint density at radius 1 is 0.438 bits per heavy atom. The van der Waals surface area contributed by atoms with E-state index >= 15 is 0 Å². The molecule has 3 atom stereocenters. The molecule has 0 saturated carbocycles. The Morgan fingerprint density at radius 3 is 1.20 bits per heavy atom. The van der Waals surface area contributed by atoms with Crippen molar-refractivity contribution in [3.63, 3.8) is 0 Å². The number of hydrogen-bond acceptors (Lipinski definition) is 7. The molecule has 0 aliphatic carbocycles. The van der Waals surface area contributed by atoms with Crippen LogP contribution in [0.2, 0.25) is 0 Å². The summed E-state index contributed by atoms with van der Waals surface area (Å²) in [4.78, 5) is 40.0. The number of phosphoric ester groups is 1. The van der Waals surface area contributed by atoms with Gasteiger partial charge in [0.15, 0.2) is 0 Å². The summed E-state index contributed by atoms with van der Waals surface area (Å²) in [5, 5.41) is 3.02. The van der Waals surface area contributed by atoms with Gasteiger partial charge < -0.3 is 28.5 Å². The number of quaternary nitrogens is 1. The lowest BCUT2D eigenvalue weighted by Crippen LogP contribution is -2.47. The summed E-state index contributed by atoms with van der Waals surface area (Å²) < 4.78 is 30.3. The number of allylic oxidation sites excluding steroid dienone is 11. The molecule has 0 radical (unpaired) electrons. The summed E-state index contributed by atoms with van der Waals surface area (Å²) in [7, 11) is 1.16. The zero-order valence-electron chi connectivity index (χ0n) is 53.3. The summed E-state index contributed by atoms with van der Waals surface area (Å²) in [5.74, 6) is -0.599. The minimum atomic E-state index is -4.71. The number of ether oxygens (including phenoxy) is 1. The number of nitrogens with zero attached hydrogens (tertiary/aromatic N) is 1. The van der Waals surface area contributed by atoms with Gasteiger partial charge in [0.2, 0.25) is 5.91 Å². The molecule has 10 heteroatoms. The van der Waals surface area contributed by atoms with Gasteiger partial charge in [-0.05, 0) is 96.0 Å². The van der Waals surface area contributed by atoms with Gasteiger partial charge >= 0.3 is 5.97 Å². The van der Waals surface area contributed by atoms with E-state index in [2.05, 4.69) is 86.8 Å². The first kappa shape index (κ1) is 77.5. The second-order valence-electron chi connectivity index (χ2n) is 24.0. The zero-order chi connectivity index (χ0) is 58.6. The largest absolute Gasteiger partial charge is 0.756 e. The highest BCUT2D eigenvalue weighted by Gasteiger charge is 2.27. The van der Waals surface area contributed by atoms with Crippen LogP contribution < -0.4 is 10.2 Å². The molecular weight excluding hydrogens is 1010 g/mol. The standard InChI is InChI=1S/C70H129N2O7P/c1-7-10-13-16-19-22-25-28-30-32-33-34-35-36-37-38-39-41-42-44-47-50-53-56-59-62-69(73)71-67(66-78-80(75,76)77-65-64-72(4,5)6)68(61-58-55-52-49-46-27-24-21-18-15-12-9-3)79-70(74)63-60-57-54-51-48-45-43-40-31-29-26-23-20-17-14-11-8-2/h20,23,28-31,43,45,51,54,58,61,67-68H,7-19,21-22,24-27,32-42,44,46-50,52-53,55-57,59-60,62-66H2,1-6H3,(H-,71,73,75,76)/b23-20-,30-28+,31-29-,45-43-,54-51-,61-58-. The molecule has 0 aromatic carbocycles. The number of unbranched alkanes of at least 4 members (excludes halogenated alkanes) is 35. The first-order valence-corrected chi connectivity index (χ1v) is 35.2. The monoisotopic (exact) mass is 1140 g/mol. The fourth-order valence-corrected chi connectivity index (χ4v) is 10.4. The summed E-state index contributed by atoms with van der Waals surface area (Å²) in [6.07, 6.45) is 77.5. The molecule has 466 valence electrons. The van der Waals surface area contributed by atoms with E-state index < -0.39 is 32.5 Å². The number of carbonyl (C=O) groups is 2. The number of phosphoric acid groups is 1. The highest BCUT2D eigenvalue weighted by molar-refractivity contribution is 7.45. The van der Waals surface area contributed by atoms with Crippen LogP contribution in [0.5, 0.6) is 0 Å². The molecule has 3 unspecified atom stereocenters. The van der Waals surface area contributed by atoms with Crippen LogP contribution in [-0.4, -0.2) is 69.4 Å². The first-order valence-electron chi connectivity index (χ1n) is 33.7. The molecular formula is C70H129N2O7P. The fourth-order valence-electron chi connectivity index (χ4n) is 9.63. The van der Waals surface area contributed by atoms with E-state index in [0.29, 0.717) is 23.9 Å². The predicted octanol–water partition coefficient (Wildman–Crippen LogP) is 20.5. The highest BCUT2D eigenvalue weighted by atomic mass is 31.2. The average molecular weight is 1140 g/mol. The lowest BCUT2D eigenvalue weighted by Gasteiger charge is -2.30. The molecule has 1 amide bonds. The number of rotatable bonds is 61. The summed E-state index contributed by atoms with van der Waals surface area (Å²) in [6, 6.07) is -0.912. The van der Waals surface area contributed by atoms with Crippen molar-refractivity contribution in [1.82, 2.24) is 5.32 Å². The first-order chi connectivity index (χ1) is 38.9. The van der Waals surface area contributed by atoms with E-state index in [-0.39, 0.29) is 18.9 Å². The molecule has 0 aliphatic heterocycles. The van der Waals surface area contributed by atoms with Crippen molar-refractivity contribution in [2.45, 2.75) is 322 Å². The molecule has 0 bridgehead atoms. The van der Waals surface area contributed by atoms with Gasteiger partial charge in [0, 0.05) is 12.8 Å². The maximum absolute atomic E-state index is 13.6. The zero-order valence-corrected chi connectivity index (χ0v) is 54.2. The van der Waals surface area contributed by atoms with Crippen LogP contribution in [0, 0.1) is 0 Å². The van der Waals surface area contributed by atoms with E-state index in [9.17, 15) is 19.0 Å². The Hall–Kier alpha value is -2.55. The van der Waals surface area contributed by atoms with Crippen LogP contribution in [0.4, 0.5) is 0 Å². The number of hydrogen-bond donors (Lipinski definition) is 1. The number of nitrogens with one attached hydrogen (secondary N) is 1. The second kappa shape index (κ2) is 59.6. The van der Waals surface area contributed by atoms with E-state index in [1.165, 1.54) is 205 Å². The molecule has 80 heavy (non-hydrogen) atoms. The third-order valence-corrected chi connectivity index (χ3v) is 15.8. The van der Waals surface area contributed by atoms with Crippen molar-refractivity contribution in [2.24, 2.45) is 0 Å². The minimum Gasteiger partial charge on any atom is -0.756 e. The molecule has 0 spiro atoms. The minimum absolute atomic E-state index is 0.0317. The van der Waals surface area contributed by atoms with Gasteiger partial charge in [0.25, 0.3) is 7.82 Å². The Bertz CT molecular complexity index is 1600. The quantitative estimate of drug-likeness (QED) is 0.0212.